The molecular weight excluding hydrogens is 338 g/mol. The molecule has 1 aromatic heterocycles. The third-order valence-electron chi connectivity index (χ3n) is 3.54. The molecule has 0 unspecified atom stereocenters. The number of hydrogen-bond acceptors (Lipinski definition) is 6. The maximum absolute atomic E-state index is 12.7. The van der Waals surface area contributed by atoms with E-state index in [4.69, 9.17) is 5.73 Å². The summed E-state index contributed by atoms with van der Waals surface area (Å²) in [5.74, 6) is -2.79. The van der Waals surface area contributed by atoms with E-state index >= 15 is 0 Å². The summed E-state index contributed by atoms with van der Waals surface area (Å²) in [6, 6.07) is 5.65. The molecule has 0 saturated carbocycles. The van der Waals surface area contributed by atoms with E-state index in [0.717, 1.165) is 0 Å². The standard InChI is InChI=1S/C15H18F2N4O2S/c1-3-10-9-11(24(22,23)14(16)17)5-6-12(10)21(4-2)13-7-8-19-15(18)20-13/h5-9,14H,3-4H2,1-2H3,(H2,18,19,20). The molecule has 1 aromatic carbocycles. The molecule has 0 spiro atoms. The zero-order valence-corrected chi connectivity index (χ0v) is 14.1. The van der Waals surface area contributed by atoms with Crippen LogP contribution in [0.2, 0.25) is 0 Å². The molecule has 1 heterocycles. The Labute approximate surface area is 139 Å². The Morgan fingerprint density at radius 1 is 1.25 bits per heavy atom. The monoisotopic (exact) mass is 356 g/mol. The first kappa shape index (κ1) is 18.1. The van der Waals surface area contributed by atoms with Crippen LogP contribution in [-0.2, 0) is 16.3 Å². The van der Waals surface area contributed by atoms with Gasteiger partial charge in [0, 0.05) is 18.4 Å². The van der Waals surface area contributed by atoms with Crippen LogP contribution in [0.25, 0.3) is 0 Å². The average molecular weight is 356 g/mol. The normalized spacial score (nSPS) is 11.7. The largest absolute Gasteiger partial charge is 0.368 e. The number of nitrogens with zero attached hydrogens (tertiary/aromatic N) is 3. The first-order chi connectivity index (χ1) is 11.3. The highest BCUT2D eigenvalue weighted by Gasteiger charge is 2.27. The molecule has 0 radical (unpaired) electrons. The molecule has 9 heteroatoms. The molecule has 130 valence electrons. The highest BCUT2D eigenvalue weighted by Crippen LogP contribution is 2.31. The van der Waals surface area contributed by atoms with Crippen molar-refractivity contribution in [1.82, 2.24) is 9.97 Å². The van der Waals surface area contributed by atoms with Gasteiger partial charge in [-0.1, -0.05) is 6.92 Å². The van der Waals surface area contributed by atoms with Crippen LogP contribution >= 0.6 is 0 Å². The molecule has 0 atom stereocenters. The third kappa shape index (κ3) is 3.45. The summed E-state index contributed by atoms with van der Waals surface area (Å²) in [7, 11) is -4.63. The lowest BCUT2D eigenvalue weighted by Crippen LogP contribution is -2.20. The van der Waals surface area contributed by atoms with Gasteiger partial charge in [0.15, 0.2) is 0 Å². The van der Waals surface area contributed by atoms with Crippen molar-refractivity contribution in [3.8, 4) is 0 Å². The SMILES string of the molecule is CCc1cc(S(=O)(=O)C(F)F)ccc1N(CC)c1ccnc(N)n1. The third-order valence-corrected chi connectivity index (χ3v) is 4.92. The van der Waals surface area contributed by atoms with Crippen molar-refractivity contribution in [1.29, 1.82) is 0 Å². The number of nitrogen functional groups attached to an aromatic ring is 1. The fourth-order valence-corrected chi connectivity index (χ4v) is 3.13. The molecular formula is C15H18F2N4O2S. The van der Waals surface area contributed by atoms with Crippen molar-refractivity contribution in [2.75, 3.05) is 17.2 Å². The highest BCUT2D eigenvalue weighted by atomic mass is 32.2. The summed E-state index contributed by atoms with van der Waals surface area (Å²) >= 11 is 0. The zero-order chi connectivity index (χ0) is 17.9. The van der Waals surface area contributed by atoms with Gasteiger partial charge in [0.05, 0.1) is 4.90 Å². The van der Waals surface area contributed by atoms with Gasteiger partial charge in [-0.25, -0.2) is 13.4 Å². The Morgan fingerprint density at radius 2 is 1.96 bits per heavy atom. The van der Waals surface area contributed by atoms with Crippen LogP contribution in [0.15, 0.2) is 35.4 Å². The molecule has 2 N–H and O–H groups in total. The van der Waals surface area contributed by atoms with E-state index in [0.29, 0.717) is 30.0 Å². The van der Waals surface area contributed by atoms with Crippen LogP contribution in [0.5, 0.6) is 0 Å². The summed E-state index contributed by atoms with van der Waals surface area (Å²) in [5, 5.41) is 0. The first-order valence-electron chi connectivity index (χ1n) is 7.32. The predicted octanol–water partition coefficient (Wildman–Crippen LogP) is 2.78. The van der Waals surface area contributed by atoms with Crippen molar-refractivity contribution in [2.45, 2.75) is 30.9 Å². The summed E-state index contributed by atoms with van der Waals surface area (Å²) in [4.78, 5) is 9.41. The van der Waals surface area contributed by atoms with Gasteiger partial charge >= 0.3 is 5.76 Å². The van der Waals surface area contributed by atoms with Gasteiger partial charge < -0.3 is 10.6 Å². The van der Waals surface area contributed by atoms with E-state index < -0.39 is 20.5 Å². The summed E-state index contributed by atoms with van der Waals surface area (Å²) in [5.41, 5.74) is 6.91. The molecule has 0 saturated heterocycles. The molecule has 24 heavy (non-hydrogen) atoms. The minimum Gasteiger partial charge on any atom is -0.368 e. The van der Waals surface area contributed by atoms with E-state index in [1.165, 1.54) is 24.4 Å². The molecule has 6 nitrogen and oxygen atoms in total. The smallest absolute Gasteiger partial charge is 0.341 e. The predicted molar refractivity (Wildman–Crippen MR) is 88.1 cm³/mol. The second-order valence-corrected chi connectivity index (χ2v) is 6.88. The van der Waals surface area contributed by atoms with E-state index in [9.17, 15) is 17.2 Å². The minimum atomic E-state index is -4.63. The highest BCUT2D eigenvalue weighted by molar-refractivity contribution is 7.91. The van der Waals surface area contributed by atoms with Crippen LogP contribution in [-0.4, -0.2) is 30.7 Å². The lowest BCUT2D eigenvalue weighted by Gasteiger charge is -2.25. The van der Waals surface area contributed by atoms with E-state index in [1.54, 1.807) is 6.07 Å². The van der Waals surface area contributed by atoms with Gasteiger partial charge in [-0.3, -0.25) is 0 Å². The fourth-order valence-electron chi connectivity index (χ4n) is 2.36. The molecule has 0 amide bonds. The van der Waals surface area contributed by atoms with Gasteiger partial charge in [-0.05, 0) is 43.2 Å². The average Bonchev–Trinajstić information content (AvgIpc) is 2.55. The fraction of sp³-hybridized carbons (Fsp3) is 0.333. The molecule has 0 fully saturated rings. The molecule has 0 bridgehead atoms. The van der Waals surface area contributed by atoms with Crippen molar-refractivity contribution >= 4 is 27.3 Å². The molecule has 0 aliphatic rings. The summed E-state index contributed by atoms with van der Waals surface area (Å²) < 4.78 is 48.8. The van der Waals surface area contributed by atoms with Crippen molar-refractivity contribution in [3.63, 3.8) is 0 Å². The second-order valence-electron chi connectivity index (χ2n) is 4.97. The summed E-state index contributed by atoms with van der Waals surface area (Å²) in [6.45, 7) is 4.24. The maximum atomic E-state index is 12.7. The number of rotatable bonds is 6. The number of anilines is 3. The lowest BCUT2D eigenvalue weighted by molar-refractivity contribution is 0.234. The van der Waals surface area contributed by atoms with Crippen molar-refractivity contribution < 1.29 is 17.2 Å². The van der Waals surface area contributed by atoms with Gasteiger partial charge in [-0.2, -0.15) is 13.8 Å². The van der Waals surface area contributed by atoms with Crippen LogP contribution in [0.4, 0.5) is 26.2 Å². The topological polar surface area (TPSA) is 89.2 Å². The van der Waals surface area contributed by atoms with Crippen LogP contribution in [0, 0.1) is 0 Å². The number of nitrogens with two attached hydrogens (primary N) is 1. The Bertz CT molecular complexity index is 828. The molecule has 0 aliphatic heterocycles. The van der Waals surface area contributed by atoms with Crippen LogP contribution in [0.1, 0.15) is 19.4 Å². The lowest BCUT2D eigenvalue weighted by atomic mass is 10.1. The van der Waals surface area contributed by atoms with Gasteiger partial charge in [-0.15, -0.1) is 0 Å². The van der Waals surface area contributed by atoms with Crippen molar-refractivity contribution in [2.24, 2.45) is 0 Å². The van der Waals surface area contributed by atoms with E-state index in [-0.39, 0.29) is 5.95 Å². The molecule has 2 rings (SSSR count). The van der Waals surface area contributed by atoms with Crippen LogP contribution in [0.3, 0.4) is 0 Å². The van der Waals surface area contributed by atoms with Gasteiger partial charge in [0.1, 0.15) is 5.82 Å². The Balaban J connectivity index is 2.54. The minimum absolute atomic E-state index is 0.112. The number of hydrogen-bond donors (Lipinski definition) is 1. The maximum Gasteiger partial charge on any atom is 0.341 e. The van der Waals surface area contributed by atoms with E-state index in [1.807, 2.05) is 18.7 Å². The van der Waals surface area contributed by atoms with Crippen LogP contribution < -0.4 is 10.6 Å². The number of sulfone groups is 1. The van der Waals surface area contributed by atoms with E-state index in [2.05, 4.69) is 9.97 Å². The quantitative estimate of drug-likeness (QED) is 0.856. The Hall–Kier alpha value is -2.29. The molecule has 2 aromatic rings. The van der Waals surface area contributed by atoms with Gasteiger partial charge in [0.2, 0.25) is 15.8 Å². The molecule has 0 aliphatic carbocycles. The summed E-state index contributed by atoms with van der Waals surface area (Å²) in [6.07, 6.45) is 1.99. The Kier molecular flexibility index (Phi) is 5.33. The second kappa shape index (κ2) is 7.08. The number of alkyl halides is 2. The zero-order valence-electron chi connectivity index (χ0n) is 13.3. The number of halogens is 2. The number of aromatic nitrogens is 2. The van der Waals surface area contributed by atoms with Gasteiger partial charge in [0.25, 0.3) is 0 Å². The van der Waals surface area contributed by atoms with Crippen molar-refractivity contribution in [3.05, 3.63) is 36.0 Å². The Morgan fingerprint density at radius 3 is 2.50 bits per heavy atom. The first-order valence-corrected chi connectivity index (χ1v) is 8.86. The number of aryl methyl sites for hydroxylation is 1. The number of benzene rings is 1.